The van der Waals surface area contributed by atoms with Gasteiger partial charge in [-0.3, -0.25) is 4.31 Å². The first kappa shape index (κ1) is 17.6. The molecule has 0 radical (unpaired) electrons. The first-order valence-electron chi connectivity index (χ1n) is 6.22. The lowest BCUT2D eigenvalue weighted by atomic mass is 10.2. The number of nitrogens with zero attached hydrogens (tertiary/aromatic N) is 1. The summed E-state index contributed by atoms with van der Waals surface area (Å²) in [6.45, 7) is 3.25. The van der Waals surface area contributed by atoms with Gasteiger partial charge in [0.2, 0.25) is 10.0 Å². The predicted molar refractivity (Wildman–Crippen MR) is 81.4 cm³/mol. The van der Waals surface area contributed by atoms with Crippen molar-refractivity contribution in [3.8, 4) is 5.75 Å². The minimum Gasteiger partial charge on any atom is -0.495 e. The Morgan fingerprint density at radius 3 is 2.52 bits per heavy atom. The van der Waals surface area contributed by atoms with Gasteiger partial charge in [0, 0.05) is 5.02 Å². The molecule has 1 aromatic rings. The Morgan fingerprint density at radius 1 is 1.43 bits per heavy atom. The van der Waals surface area contributed by atoms with Crippen LogP contribution in [0.15, 0.2) is 18.2 Å². The lowest BCUT2D eigenvalue weighted by Crippen LogP contribution is -2.44. The number of rotatable bonds is 6. The highest BCUT2D eigenvalue weighted by molar-refractivity contribution is 7.92. The van der Waals surface area contributed by atoms with Crippen molar-refractivity contribution in [2.24, 2.45) is 0 Å². The second-order valence-electron chi connectivity index (χ2n) is 4.30. The molecule has 0 aliphatic heterocycles. The van der Waals surface area contributed by atoms with Crippen LogP contribution in [0.1, 0.15) is 13.8 Å². The van der Waals surface area contributed by atoms with Crippen LogP contribution in [-0.4, -0.2) is 40.4 Å². The summed E-state index contributed by atoms with van der Waals surface area (Å²) in [4.78, 5) is 11.9. The molecule has 0 aromatic heterocycles. The normalized spacial score (nSPS) is 12.6. The average molecular weight is 336 g/mol. The Morgan fingerprint density at radius 2 is 2.05 bits per heavy atom. The third kappa shape index (κ3) is 4.25. The Hall–Kier alpha value is -1.47. The fraction of sp³-hybridized carbons (Fsp3) is 0.462. The Labute approximate surface area is 129 Å². The number of hydrogen-bond acceptors (Lipinski definition) is 5. The van der Waals surface area contributed by atoms with Crippen LogP contribution in [0, 0.1) is 0 Å². The highest BCUT2D eigenvalue weighted by atomic mass is 35.5. The van der Waals surface area contributed by atoms with Gasteiger partial charge < -0.3 is 9.47 Å². The Bertz CT molecular complexity index is 617. The zero-order valence-electron chi connectivity index (χ0n) is 12.3. The van der Waals surface area contributed by atoms with Crippen LogP contribution in [0.2, 0.25) is 5.02 Å². The first-order chi connectivity index (χ1) is 9.72. The van der Waals surface area contributed by atoms with E-state index in [2.05, 4.69) is 0 Å². The fourth-order valence-electron chi connectivity index (χ4n) is 1.87. The number of ether oxygens (including phenoxy) is 2. The molecule has 0 amide bonds. The van der Waals surface area contributed by atoms with Crippen LogP contribution in [0.3, 0.4) is 0 Å². The predicted octanol–water partition coefficient (Wildman–Crippen LogP) is 2.07. The summed E-state index contributed by atoms with van der Waals surface area (Å²) in [5.74, 6) is -0.356. The van der Waals surface area contributed by atoms with Crippen LogP contribution in [0.4, 0.5) is 5.69 Å². The van der Waals surface area contributed by atoms with E-state index in [0.29, 0.717) is 10.8 Å². The molecule has 0 saturated carbocycles. The zero-order chi connectivity index (χ0) is 16.2. The van der Waals surface area contributed by atoms with E-state index in [1.54, 1.807) is 13.0 Å². The minimum atomic E-state index is -3.74. The lowest BCUT2D eigenvalue weighted by Gasteiger charge is -2.28. The molecule has 1 rings (SSSR count). The first-order valence-corrected chi connectivity index (χ1v) is 8.44. The molecule has 1 aromatic carbocycles. The van der Waals surface area contributed by atoms with Crippen LogP contribution >= 0.6 is 11.6 Å². The van der Waals surface area contributed by atoms with E-state index in [-0.39, 0.29) is 12.3 Å². The van der Waals surface area contributed by atoms with Crippen molar-refractivity contribution in [2.45, 2.75) is 19.9 Å². The van der Waals surface area contributed by atoms with Crippen molar-refractivity contribution in [1.82, 2.24) is 0 Å². The quantitative estimate of drug-likeness (QED) is 0.744. The molecule has 0 fully saturated rings. The van der Waals surface area contributed by atoms with Crippen molar-refractivity contribution < 1.29 is 22.7 Å². The highest BCUT2D eigenvalue weighted by Gasteiger charge is 2.32. The monoisotopic (exact) mass is 335 g/mol. The molecule has 21 heavy (non-hydrogen) atoms. The second-order valence-corrected chi connectivity index (χ2v) is 6.60. The van der Waals surface area contributed by atoms with Gasteiger partial charge in [0.1, 0.15) is 11.8 Å². The molecule has 0 heterocycles. The lowest BCUT2D eigenvalue weighted by molar-refractivity contribution is -0.144. The second kappa shape index (κ2) is 7.00. The maximum absolute atomic E-state index is 12.1. The number of sulfonamides is 1. The molecule has 1 unspecified atom stereocenters. The molecular weight excluding hydrogens is 318 g/mol. The van der Waals surface area contributed by atoms with Crippen LogP contribution in [0.25, 0.3) is 0 Å². The van der Waals surface area contributed by atoms with E-state index in [1.807, 2.05) is 0 Å². The summed E-state index contributed by atoms with van der Waals surface area (Å²) in [7, 11) is -2.33. The number of benzene rings is 1. The van der Waals surface area contributed by atoms with E-state index in [1.165, 1.54) is 26.2 Å². The fourth-order valence-corrected chi connectivity index (χ4v) is 3.20. The number of carbonyl (C=O) groups is 1. The number of anilines is 1. The SMILES string of the molecule is CCOC(=O)C(C)N(c1cc(Cl)ccc1OC)S(C)(=O)=O. The molecular formula is C13H18ClNO5S. The van der Waals surface area contributed by atoms with Gasteiger partial charge in [-0.15, -0.1) is 0 Å². The number of carbonyl (C=O) groups excluding carboxylic acids is 1. The van der Waals surface area contributed by atoms with E-state index in [4.69, 9.17) is 21.1 Å². The number of halogens is 1. The van der Waals surface area contributed by atoms with Gasteiger partial charge in [0.25, 0.3) is 0 Å². The van der Waals surface area contributed by atoms with Crippen molar-refractivity contribution in [1.29, 1.82) is 0 Å². The summed E-state index contributed by atoms with van der Waals surface area (Å²) in [6.07, 6.45) is 1.00. The van der Waals surface area contributed by atoms with Gasteiger partial charge in [-0.1, -0.05) is 11.6 Å². The molecule has 0 N–H and O–H groups in total. The van der Waals surface area contributed by atoms with Crippen molar-refractivity contribution >= 4 is 33.3 Å². The van der Waals surface area contributed by atoms with Crippen LogP contribution < -0.4 is 9.04 Å². The minimum absolute atomic E-state index is 0.160. The largest absolute Gasteiger partial charge is 0.495 e. The molecule has 0 aliphatic carbocycles. The smallest absolute Gasteiger partial charge is 0.329 e. The van der Waals surface area contributed by atoms with Crippen LogP contribution in [0.5, 0.6) is 5.75 Å². The summed E-state index contributed by atoms with van der Waals surface area (Å²) in [6, 6.07) is 3.50. The molecule has 8 heteroatoms. The molecule has 1 atom stereocenters. The van der Waals surface area contributed by atoms with E-state index in [9.17, 15) is 13.2 Å². The summed E-state index contributed by atoms with van der Waals surface area (Å²) < 4.78 is 35.1. The standard InChI is InChI=1S/C13H18ClNO5S/c1-5-20-13(16)9(2)15(21(4,17)18)11-8-10(14)6-7-12(11)19-3/h6-9H,5H2,1-4H3. The molecule has 6 nitrogen and oxygen atoms in total. The average Bonchev–Trinajstić information content (AvgIpc) is 2.37. The molecule has 0 bridgehead atoms. The van der Waals surface area contributed by atoms with E-state index >= 15 is 0 Å². The molecule has 118 valence electrons. The van der Waals surface area contributed by atoms with Crippen molar-refractivity contribution in [2.75, 3.05) is 24.3 Å². The van der Waals surface area contributed by atoms with E-state index < -0.39 is 22.0 Å². The van der Waals surface area contributed by atoms with Crippen molar-refractivity contribution in [3.05, 3.63) is 23.2 Å². The Kier molecular flexibility index (Phi) is 5.86. The molecule has 0 spiro atoms. The zero-order valence-corrected chi connectivity index (χ0v) is 13.9. The van der Waals surface area contributed by atoms with Gasteiger partial charge in [0.05, 0.1) is 25.7 Å². The molecule has 0 saturated heterocycles. The number of methoxy groups -OCH3 is 1. The van der Waals surface area contributed by atoms with Crippen LogP contribution in [-0.2, 0) is 19.6 Å². The van der Waals surface area contributed by atoms with Gasteiger partial charge in [0.15, 0.2) is 0 Å². The number of hydrogen-bond donors (Lipinski definition) is 0. The Balaban J connectivity index is 3.40. The topological polar surface area (TPSA) is 72.9 Å². The third-order valence-electron chi connectivity index (χ3n) is 2.72. The highest BCUT2D eigenvalue weighted by Crippen LogP contribution is 2.34. The summed E-state index contributed by atoms with van der Waals surface area (Å²) in [5.41, 5.74) is 0.188. The van der Waals surface area contributed by atoms with Gasteiger partial charge in [-0.25, -0.2) is 13.2 Å². The summed E-state index contributed by atoms with van der Waals surface area (Å²) in [5, 5.41) is 0.329. The van der Waals surface area contributed by atoms with E-state index in [0.717, 1.165) is 10.6 Å². The summed E-state index contributed by atoms with van der Waals surface area (Å²) >= 11 is 5.92. The maximum atomic E-state index is 12.1. The third-order valence-corrected chi connectivity index (χ3v) is 4.18. The maximum Gasteiger partial charge on any atom is 0.329 e. The molecule has 0 aliphatic rings. The van der Waals surface area contributed by atoms with Gasteiger partial charge >= 0.3 is 5.97 Å². The van der Waals surface area contributed by atoms with Crippen molar-refractivity contribution in [3.63, 3.8) is 0 Å². The van der Waals surface area contributed by atoms with Gasteiger partial charge in [-0.05, 0) is 32.0 Å². The van der Waals surface area contributed by atoms with Gasteiger partial charge in [-0.2, -0.15) is 0 Å². The number of esters is 1.